The number of rotatable bonds is 3. The molecule has 0 bridgehead atoms. The van der Waals surface area contributed by atoms with Crippen LogP contribution in [0, 0.1) is 23.1 Å². The largest absolute Gasteiger partial charge is 0.391 e. The van der Waals surface area contributed by atoms with Crippen molar-refractivity contribution in [3.63, 3.8) is 0 Å². The Hall–Kier alpha value is -1.40. The van der Waals surface area contributed by atoms with Crippen LogP contribution in [0.4, 0.5) is 4.39 Å². The van der Waals surface area contributed by atoms with Gasteiger partial charge in [-0.3, -0.25) is 0 Å². The van der Waals surface area contributed by atoms with Crippen molar-refractivity contribution in [1.82, 2.24) is 0 Å². The lowest BCUT2D eigenvalue weighted by Gasteiger charge is -2.20. The summed E-state index contributed by atoms with van der Waals surface area (Å²) in [6.07, 6.45) is -0.722. The second kappa shape index (κ2) is 4.90. The van der Waals surface area contributed by atoms with Crippen molar-refractivity contribution in [3.05, 3.63) is 35.6 Å². The monoisotopic (exact) mass is 207 g/mol. The Bertz CT molecular complexity index is 353. The topological polar surface area (TPSA) is 44.0 Å². The zero-order chi connectivity index (χ0) is 11.4. The molecule has 1 rings (SSSR count). The Labute approximate surface area is 89.0 Å². The lowest BCUT2D eigenvalue weighted by Crippen LogP contribution is -2.23. The van der Waals surface area contributed by atoms with Gasteiger partial charge >= 0.3 is 0 Å². The van der Waals surface area contributed by atoms with Crippen LogP contribution in [0.1, 0.15) is 25.3 Å². The van der Waals surface area contributed by atoms with Gasteiger partial charge in [0.15, 0.2) is 0 Å². The van der Waals surface area contributed by atoms with Gasteiger partial charge < -0.3 is 5.11 Å². The first-order valence-corrected chi connectivity index (χ1v) is 4.89. The highest BCUT2D eigenvalue weighted by atomic mass is 19.1. The number of aliphatic hydroxyl groups excluding tert-OH is 1. The maximum absolute atomic E-state index is 12.7. The number of benzene rings is 1. The van der Waals surface area contributed by atoms with Crippen LogP contribution in [0.2, 0.25) is 0 Å². The van der Waals surface area contributed by atoms with Gasteiger partial charge in [0.25, 0.3) is 0 Å². The standard InChI is InChI=1S/C12H14FNO/c1-8(2)12(15)11(7-14)9-3-5-10(13)6-4-9/h3-6,8,11-12,15H,1-2H3. The van der Waals surface area contributed by atoms with E-state index in [1.54, 1.807) is 0 Å². The molecule has 0 aliphatic heterocycles. The summed E-state index contributed by atoms with van der Waals surface area (Å²) in [5.41, 5.74) is 0.653. The van der Waals surface area contributed by atoms with E-state index >= 15 is 0 Å². The normalized spacial score (nSPS) is 14.7. The lowest BCUT2D eigenvalue weighted by atomic mass is 9.88. The number of halogens is 1. The van der Waals surface area contributed by atoms with Gasteiger partial charge in [0, 0.05) is 0 Å². The van der Waals surface area contributed by atoms with Gasteiger partial charge in [-0.15, -0.1) is 0 Å². The molecule has 80 valence electrons. The fraction of sp³-hybridized carbons (Fsp3) is 0.417. The van der Waals surface area contributed by atoms with E-state index in [2.05, 4.69) is 0 Å². The minimum atomic E-state index is -0.722. The van der Waals surface area contributed by atoms with Gasteiger partial charge in [-0.05, 0) is 23.6 Å². The van der Waals surface area contributed by atoms with Gasteiger partial charge in [-0.2, -0.15) is 5.26 Å². The van der Waals surface area contributed by atoms with E-state index in [1.807, 2.05) is 19.9 Å². The highest BCUT2D eigenvalue weighted by Crippen LogP contribution is 2.23. The van der Waals surface area contributed by atoms with Crippen LogP contribution < -0.4 is 0 Å². The quantitative estimate of drug-likeness (QED) is 0.827. The van der Waals surface area contributed by atoms with E-state index in [0.29, 0.717) is 5.56 Å². The summed E-state index contributed by atoms with van der Waals surface area (Å²) in [7, 11) is 0. The van der Waals surface area contributed by atoms with Crippen LogP contribution in [0.15, 0.2) is 24.3 Å². The van der Waals surface area contributed by atoms with Crippen molar-refractivity contribution >= 4 is 0 Å². The third-order valence-electron chi connectivity index (χ3n) is 2.39. The number of nitriles is 1. The molecular weight excluding hydrogens is 193 g/mol. The number of nitrogens with zero attached hydrogens (tertiary/aromatic N) is 1. The highest BCUT2D eigenvalue weighted by Gasteiger charge is 2.23. The Morgan fingerprint density at radius 3 is 2.20 bits per heavy atom. The van der Waals surface area contributed by atoms with Crippen LogP contribution in [0.25, 0.3) is 0 Å². The molecule has 0 aliphatic rings. The van der Waals surface area contributed by atoms with E-state index in [9.17, 15) is 9.50 Å². The zero-order valence-electron chi connectivity index (χ0n) is 8.81. The molecule has 15 heavy (non-hydrogen) atoms. The van der Waals surface area contributed by atoms with Crippen molar-refractivity contribution < 1.29 is 9.50 Å². The molecule has 1 N–H and O–H groups in total. The summed E-state index contributed by atoms with van der Waals surface area (Å²) in [6.45, 7) is 3.69. The van der Waals surface area contributed by atoms with Gasteiger partial charge in [0.05, 0.1) is 18.1 Å². The summed E-state index contributed by atoms with van der Waals surface area (Å²) in [6, 6.07) is 7.72. The molecule has 0 heterocycles. The predicted molar refractivity (Wildman–Crippen MR) is 55.6 cm³/mol. The third-order valence-corrected chi connectivity index (χ3v) is 2.39. The Kier molecular flexibility index (Phi) is 3.81. The molecule has 2 nitrogen and oxygen atoms in total. The molecule has 0 amide bonds. The average molecular weight is 207 g/mol. The summed E-state index contributed by atoms with van der Waals surface area (Å²) < 4.78 is 12.7. The second-order valence-electron chi connectivity index (χ2n) is 3.89. The first kappa shape index (κ1) is 11.7. The molecule has 0 fully saturated rings. The smallest absolute Gasteiger partial charge is 0.123 e. The molecule has 0 saturated heterocycles. The summed E-state index contributed by atoms with van der Waals surface area (Å²) in [4.78, 5) is 0. The summed E-state index contributed by atoms with van der Waals surface area (Å²) >= 11 is 0. The molecule has 2 unspecified atom stereocenters. The molecule has 2 atom stereocenters. The lowest BCUT2D eigenvalue weighted by molar-refractivity contribution is 0.113. The van der Waals surface area contributed by atoms with Crippen molar-refractivity contribution in [3.8, 4) is 6.07 Å². The van der Waals surface area contributed by atoms with Crippen LogP contribution >= 0.6 is 0 Å². The highest BCUT2D eigenvalue weighted by molar-refractivity contribution is 5.26. The molecule has 1 aromatic carbocycles. The molecule has 1 aromatic rings. The van der Waals surface area contributed by atoms with Crippen LogP contribution in [-0.4, -0.2) is 11.2 Å². The zero-order valence-corrected chi connectivity index (χ0v) is 8.81. The van der Waals surface area contributed by atoms with Crippen molar-refractivity contribution in [2.45, 2.75) is 25.9 Å². The van der Waals surface area contributed by atoms with Gasteiger partial charge in [-0.1, -0.05) is 26.0 Å². The predicted octanol–water partition coefficient (Wildman–Crippen LogP) is 2.45. The van der Waals surface area contributed by atoms with Gasteiger partial charge in [0.1, 0.15) is 5.82 Å². The van der Waals surface area contributed by atoms with E-state index in [4.69, 9.17) is 5.26 Å². The Morgan fingerprint density at radius 2 is 1.80 bits per heavy atom. The number of hydrogen-bond acceptors (Lipinski definition) is 2. The maximum Gasteiger partial charge on any atom is 0.123 e. The first-order chi connectivity index (χ1) is 7.06. The summed E-state index contributed by atoms with van der Waals surface area (Å²) in [5, 5.41) is 18.8. The molecule has 0 aliphatic carbocycles. The van der Waals surface area contributed by atoms with Crippen molar-refractivity contribution in [2.24, 2.45) is 5.92 Å². The van der Waals surface area contributed by atoms with E-state index < -0.39 is 12.0 Å². The van der Waals surface area contributed by atoms with Crippen molar-refractivity contribution in [1.29, 1.82) is 5.26 Å². The molecule has 0 spiro atoms. The minimum absolute atomic E-state index is 0.000275. The van der Waals surface area contributed by atoms with Gasteiger partial charge in [0.2, 0.25) is 0 Å². The fourth-order valence-corrected chi connectivity index (χ4v) is 1.40. The Balaban J connectivity index is 2.94. The average Bonchev–Trinajstić information content (AvgIpc) is 2.21. The Morgan fingerprint density at radius 1 is 1.27 bits per heavy atom. The van der Waals surface area contributed by atoms with E-state index in [-0.39, 0.29) is 11.7 Å². The molecule has 0 aromatic heterocycles. The SMILES string of the molecule is CC(C)C(O)C(C#N)c1ccc(F)cc1. The first-order valence-electron chi connectivity index (χ1n) is 4.89. The molecule has 0 saturated carbocycles. The van der Waals surface area contributed by atoms with E-state index in [1.165, 1.54) is 24.3 Å². The molecule has 0 radical (unpaired) electrons. The maximum atomic E-state index is 12.7. The molecular formula is C12H14FNO. The van der Waals surface area contributed by atoms with Crippen LogP contribution in [0.5, 0.6) is 0 Å². The van der Waals surface area contributed by atoms with Crippen LogP contribution in [-0.2, 0) is 0 Å². The minimum Gasteiger partial charge on any atom is -0.391 e. The van der Waals surface area contributed by atoms with Gasteiger partial charge in [-0.25, -0.2) is 4.39 Å². The molecule has 3 heteroatoms. The summed E-state index contributed by atoms with van der Waals surface area (Å²) in [5.74, 6) is -0.931. The van der Waals surface area contributed by atoms with E-state index in [0.717, 1.165) is 0 Å². The second-order valence-corrected chi connectivity index (χ2v) is 3.89. The van der Waals surface area contributed by atoms with Crippen molar-refractivity contribution in [2.75, 3.05) is 0 Å². The number of hydrogen-bond donors (Lipinski definition) is 1. The fourth-order valence-electron chi connectivity index (χ4n) is 1.40. The number of aliphatic hydroxyl groups is 1. The third kappa shape index (κ3) is 2.77. The van der Waals surface area contributed by atoms with Crippen LogP contribution in [0.3, 0.4) is 0 Å².